The van der Waals surface area contributed by atoms with E-state index in [1.165, 1.54) is 6.20 Å². The molecule has 1 atom stereocenters. The SMILES string of the molecule is Cc1c(Cl)cccc1NCC(O)COc1cnsn1. The summed E-state index contributed by atoms with van der Waals surface area (Å²) in [6, 6.07) is 5.61. The standard InChI is InChI=1S/C12H14ClN3O2S/c1-8-10(13)3-2-4-11(8)14-5-9(17)7-18-12-6-15-19-16-12/h2-4,6,9,14,17H,5,7H2,1H3. The predicted molar refractivity (Wildman–Crippen MR) is 76.1 cm³/mol. The zero-order valence-corrected chi connectivity index (χ0v) is 11.9. The van der Waals surface area contributed by atoms with E-state index in [-0.39, 0.29) is 6.61 Å². The Hall–Kier alpha value is -1.37. The van der Waals surface area contributed by atoms with Gasteiger partial charge in [0.05, 0.1) is 11.7 Å². The van der Waals surface area contributed by atoms with Gasteiger partial charge in [-0.1, -0.05) is 17.7 Å². The molecule has 2 rings (SSSR count). The second-order valence-electron chi connectivity index (χ2n) is 4.00. The van der Waals surface area contributed by atoms with E-state index in [0.29, 0.717) is 17.4 Å². The van der Waals surface area contributed by atoms with E-state index in [1.807, 2.05) is 25.1 Å². The number of aliphatic hydroxyl groups excluding tert-OH is 1. The summed E-state index contributed by atoms with van der Waals surface area (Å²) in [7, 11) is 0. The lowest BCUT2D eigenvalue weighted by atomic mass is 10.2. The molecule has 7 heteroatoms. The molecular weight excluding hydrogens is 286 g/mol. The fourth-order valence-corrected chi connectivity index (χ4v) is 2.03. The van der Waals surface area contributed by atoms with Gasteiger partial charge in [0.25, 0.3) is 0 Å². The smallest absolute Gasteiger partial charge is 0.245 e. The zero-order chi connectivity index (χ0) is 13.7. The van der Waals surface area contributed by atoms with Crippen LogP contribution in [0.4, 0.5) is 5.69 Å². The van der Waals surface area contributed by atoms with Gasteiger partial charge >= 0.3 is 0 Å². The van der Waals surface area contributed by atoms with Gasteiger partial charge in [-0.25, -0.2) is 0 Å². The van der Waals surface area contributed by atoms with Gasteiger partial charge < -0.3 is 15.2 Å². The Morgan fingerprint density at radius 1 is 1.53 bits per heavy atom. The van der Waals surface area contributed by atoms with Crippen molar-refractivity contribution >= 4 is 29.0 Å². The van der Waals surface area contributed by atoms with Gasteiger partial charge in [-0.2, -0.15) is 4.37 Å². The number of aromatic nitrogens is 2. The van der Waals surface area contributed by atoms with Crippen molar-refractivity contribution in [2.45, 2.75) is 13.0 Å². The average Bonchev–Trinajstić information content (AvgIpc) is 2.91. The molecule has 1 heterocycles. The Balaban J connectivity index is 1.80. The highest BCUT2D eigenvalue weighted by Gasteiger charge is 2.08. The molecule has 0 saturated carbocycles. The highest BCUT2D eigenvalue weighted by atomic mass is 35.5. The van der Waals surface area contributed by atoms with Crippen LogP contribution in [-0.4, -0.2) is 33.1 Å². The van der Waals surface area contributed by atoms with Crippen LogP contribution in [0.15, 0.2) is 24.4 Å². The van der Waals surface area contributed by atoms with Crippen LogP contribution >= 0.6 is 23.3 Å². The third-order valence-corrected chi connectivity index (χ3v) is 3.43. The maximum Gasteiger partial charge on any atom is 0.245 e. The number of nitrogens with zero attached hydrogens (tertiary/aromatic N) is 2. The molecule has 102 valence electrons. The van der Waals surface area contributed by atoms with E-state index in [0.717, 1.165) is 23.0 Å². The van der Waals surface area contributed by atoms with Crippen LogP contribution < -0.4 is 10.1 Å². The van der Waals surface area contributed by atoms with E-state index < -0.39 is 6.10 Å². The highest BCUT2D eigenvalue weighted by Crippen LogP contribution is 2.22. The van der Waals surface area contributed by atoms with E-state index in [1.54, 1.807) is 0 Å². The minimum Gasteiger partial charge on any atom is -0.473 e. The van der Waals surface area contributed by atoms with Crippen molar-refractivity contribution in [3.05, 3.63) is 35.0 Å². The van der Waals surface area contributed by atoms with E-state index >= 15 is 0 Å². The number of ether oxygens (including phenoxy) is 1. The first kappa shape index (κ1) is 14.0. The molecule has 1 aromatic carbocycles. The van der Waals surface area contributed by atoms with E-state index in [2.05, 4.69) is 14.1 Å². The summed E-state index contributed by atoms with van der Waals surface area (Å²) in [4.78, 5) is 0. The van der Waals surface area contributed by atoms with Crippen molar-refractivity contribution in [2.75, 3.05) is 18.5 Å². The van der Waals surface area contributed by atoms with Crippen LogP contribution in [-0.2, 0) is 0 Å². The Labute approximate surface area is 120 Å². The van der Waals surface area contributed by atoms with Crippen LogP contribution in [0.5, 0.6) is 5.88 Å². The van der Waals surface area contributed by atoms with Crippen LogP contribution in [0, 0.1) is 6.92 Å². The van der Waals surface area contributed by atoms with Crippen LogP contribution in [0.2, 0.25) is 5.02 Å². The topological polar surface area (TPSA) is 67.3 Å². The van der Waals surface area contributed by atoms with Gasteiger partial charge in [-0.3, -0.25) is 0 Å². The Bertz CT molecular complexity index is 522. The van der Waals surface area contributed by atoms with Gasteiger partial charge in [-0.05, 0) is 24.6 Å². The molecule has 19 heavy (non-hydrogen) atoms. The molecular formula is C12H14ClN3O2S. The van der Waals surface area contributed by atoms with Crippen molar-refractivity contribution in [3.8, 4) is 5.88 Å². The monoisotopic (exact) mass is 299 g/mol. The van der Waals surface area contributed by atoms with Crippen LogP contribution in [0.3, 0.4) is 0 Å². The minimum atomic E-state index is -0.639. The lowest BCUT2D eigenvalue weighted by Crippen LogP contribution is -2.26. The zero-order valence-electron chi connectivity index (χ0n) is 10.3. The molecule has 0 fully saturated rings. The van der Waals surface area contributed by atoms with Crippen molar-refractivity contribution in [1.82, 2.24) is 8.75 Å². The number of anilines is 1. The lowest BCUT2D eigenvalue weighted by Gasteiger charge is -2.14. The fraction of sp³-hybridized carbons (Fsp3) is 0.333. The average molecular weight is 300 g/mol. The fourth-order valence-electron chi connectivity index (χ4n) is 1.49. The largest absolute Gasteiger partial charge is 0.473 e. The summed E-state index contributed by atoms with van der Waals surface area (Å²) in [5.74, 6) is 0.433. The molecule has 0 aliphatic carbocycles. The number of rotatable bonds is 6. The summed E-state index contributed by atoms with van der Waals surface area (Å²) in [5, 5.41) is 13.6. The molecule has 0 aliphatic heterocycles. The maximum absolute atomic E-state index is 9.80. The summed E-state index contributed by atoms with van der Waals surface area (Å²) < 4.78 is 13.0. The molecule has 0 radical (unpaired) electrons. The maximum atomic E-state index is 9.80. The van der Waals surface area contributed by atoms with Gasteiger partial charge in [-0.15, -0.1) is 4.37 Å². The Morgan fingerprint density at radius 2 is 2.37 bits per heavy atom. The molecule has 0 aliphatic rings. The Kier molecular flexibility index (Phi) is 4.95. The van der Waals surface area contributed by atoms with Crippen molar-refractivity contribution in [2.24, 2.45) is 0 Å². The summed E-state index contributed by atoms with van der Waals surface area (Å²) in [5.41, 5.74) is 1.86. The molecule has 0 amide bonds. The van der Waals surface area contributed by atoms with Gasteiger partial charge in [0.1, 0.15) is 18.9 Å². The highest BCUT2D eigenvalue weighted by molar-refractivity contribution is 6.99. The third-order valence-electron chi connectivity index (χ3n) is 2.56. The summed E-state index contributed by atoms with van der Waals surface area (Å²) >= 11 is 7.08. The van der Waals surface area contributed by atoms with Crippen LogP contribution in [0.1, 0.15) is 5.56 Å². The minimum absolute atomic E-state index is 0.165. The molecule has 2 aromatic rings. The second kappa shape index (κ2) is 6.70. The summed E-state index contributed by atoms with van der Waals surface area (Å²) in [6.07, 6.45) is 0.881. The number of nitrogens with one attached hydrogen (secondary N) is 1. The van der Waals surface area contributed by atoms with Crippen LogP contribution in [0.25, 0.3) is 0 Å². The third kappa shape index (κ3) is 4.05. The molecule has 5 nitrogen and oxygen atoms in total. The Morgan fingerprint density at radius 3 is 3.11 bits per heavy atom. The van der Waals surface area contributed by atoms with E-state index in [4.69, 9.17) is 16.3 Å². The quantitative estimate of drug-likeness (QED) is 0.857. The molecule has 1 unspecified atom stereocenters. The lowest BCUT2D eigenvalue weighted by molar-refractivity contribution is 0.115. The van der Waals surface area contributed by atoms with Gasteiger partial charge in [0.15, 0.2) is 0 Å². The van der Waals surface area contributed by atoms with Crippen molar-refractivity contribution in [3.63, 3.8) is 0 Å². The molecule has 0 bridgehead atoms. The molecule has 0 spiro atoms. The molecule has 0 saturated heterocycles. The van der Waals surface area contributed by atoms with Gasteiger partial charge in [0, 0.05) is 17.3 Å². The molecule has 2 N–H and O–H groups in total. The number of aliphatic hydroxyl groups is 1. The number of hydrogen-bond donors (Lipinski definition) is 2. The summed E-state index contributed by atoms with van der Waals surface area (Å²) in [6.45, 7) is 2.46. The number of hydrogen-bond acceptors (Lipinski definition) is 6. The van der Waals surface area contributed by atoms with Crippen molar-refractivity contribution < 1.29 is 9.84 Å². The normalized spacial score (nSPS) is 12.2. The first-order chi connectivity index (χ1) is 9.16. The molecule has 1 aromatic heterocycles. The first-order valence-electron chi connectivity index (χ1n) is 5.74. The second-order valence-corrected chi connectivity index (χ2v) is 4.97. The van der Waals surface area contributed by atoms with E-state index in [9.17, 15) is 5.11 Å². The number of halogens is 1. The first-order valence-corrected chi connectivity index (χ1v) is 6.85. The van der Waals surface area contributed by atoms with Crippen molar-refractivity contribution in [1.29, 1.82) is 0 Å². The van der Waals surface area contributed by atoms with Gasteiger partial charge in [0.2, 0.25) is 5.88 Å². The number of benzene rings is 1. The predicted octanol–water partition coefficient (Wildman–Crippen LogP) is 2.35.